The molecule has 1 aliphatic heterocycles. The summed E-state index contributed by atoms with van der Waals surface area (Å²) in [6.07, 6.45) is -0.211. The van der Waals surface area contributed by atoms with Crippen LogP contribution in [0, 0.1) is 17.8 Å². The van der Waals surface area contributed by atoms with Gasteiger partial charge < -0.3 is 10.6 Å². The predicted molar refractivity (Wildman–Crippen MR) is 88.9 cm³/mol. The number of hydrogen-bond donors (Lipinski definition) is 1. The standard InChI is InChI=1S/C18H25F3N2O/c1-4-8-14(9-10-15(5-2)18(19,20)21)13(3)16(22)17(24)23-11-6-7-12-23/h9-10,13,16H,5-7,11-12,22H2,1-3H3/b14-9+,15-10+/t13-,16-/m0/s1. The zero-order valence-electron chi connectivity index (χ0n) is 14.4. The van der Waals surface area contributed by atoms with Crippen molar-refractivity contribution in [3.8, 4) is 11.8 Å². The molecule has 0 aromatic carbocycles. The van der Waals surface area contributed by atoms with Gasteiger partial charge >= 0.3 is 6.18 Å². The van der Waals surface area contributed by atoms with E-state index in [0.29, 0.717) is 18.7 Å². The van der Waals surface area contributed by atoms with Crippen molar-refractivity contribution in [2.45, 2.75) is 52.3 Å². The number of rotatable bonds is 5. The molecule has 1 saturated heterocycles. The van der Waals surface area contributed by atoms with Gasteiger partial charge in [0.15, 0.2) is 0 Å². The minimum Gasteiger partial charge on any atom is -0.341 e. The van der Waals surface area contributed by atoms with E-state index < -0.39 is 23.7 Å². The third-order valence-corrected chi connectivity index (χ3v) is 4.21. The van der Waals surface area contributed by atoms with Gasteiger partial charge in [-0.3, -0.25) is 4.79 Å². The minimum absolute atomic E-state index is 0.125. The molecule has 0 aromatic rings. The Balaban J connectivity index is 3.00. The molecular weight excluding hydrogens is 317 g/mol. The summed E-state index contributed by atoms with van der Waals surface area (Å²) in [5, 5.41) is 0. The zero-order chi connectivity index (χ0) is 18.3. The molecule has 0 aliphatic carbocycles. The van der Waals surface area contributed by atoms with E-state index >= 15 is 0 Å². The van der Waals surface area contributed by atoms with Gasteiger partial charge in [0.05, 0.1) is 6.04 Å². The Hall–Kier alpha value is -1.74. The van der Waals surface area contributed by atoms with Crippen LogP contribution in [-0.4, -0.2) is 36.1 Å². The lowest BCUT2D eigenvalue weighted by Gasteiger charge is -2.24. The van der Waals surface area contributed by atoms with E-state index in [2.05, 4.69) is 11.8 Å². The second kappa shape index (κ2) is 8.93. The van der Waals surface area contributed by atoms with Gasteiger partial charge in [-0.2, -0.15) is 13.2 Å². The molecule has 1 fully saturated rings. The van der Waals surface area contributed by atoms with Gasteiger partial charge in [-0.05, 0) is 26.2 Å². The number of nitrogens with two attached hydrogens (primary N) is 1. The maximum atomic E-state index is 12.8. The van der Waals surface area contributed by atoms with Gasteiger partial charge in [-0.25, -0.2) is 0 Å². The number of amides is 1. The first-order valence-corrected chi connectivity index (χ1v) is 8.17. The van der Waals surface area contributed by atoms with Crippen molar-refractivity contribution in [3.05, 3.63) is 23.3 Å². The Kier molecular flexibility index (Phi) is 7.56. The Morgan fingerprint density at radius 2 is 1.88 bits per heavy atom. The summed E-state index contributed by atoms with van der Waals surface area (Å²) >= 11 is 0. The first-order chi connectivity index (χ1) is 11.2. The third kappa shape index (κ3) is 5.41. The summed E-state index contributed by atoms with van der Waals surface area (Å²) in [4.78, 5) is 14.1. The molecule has 0 spiro atoms. The number of halogens is 3. The molecular formula is C18H25F3N2O. The van der Waals surface area contributed by atoms with E-state index in [1.54, 1.807) is 18.7 Å². The lowest BCUT2D eigenvalue weighted by atomic mass is 9.92. The lowest BCUT2D eigenvalue weighted by molar-refractivity contribution is -0.132. The van der Waals surface area contributed by atoms with Crippen molar-refractivity contribution in [3.63, 3.8) is 0 Å². The van der Waals surface area contributed by atoms with Crippen LogP contribution < -0.4 is 5.73 Å². The van der Waals surface area contributed by atoms with Gasteiger partial charge in [-0.1, -0.05) is 31.9 Å². The number of allylic oxidation sites excluding steroid dienone is 3. The van der Waals surface area contributed by atoms with Gasteiger partial charge in [0, 0.05) is 30.2 Å². The molecule has 0 unspecified atom stereocenters. The first kappa shape index (κ1) is 20.3. The van der Waals surface area contributed by atoms with Crippen LogP contribution >= 0.6 is 0 Å². The normalized spacial score (nSPS) is 18.9. The summed E-state index contributed by atoms with van der Waals surface area (Å²) in [6.45, 7) is 6.15. The van der Waals surface area contributed by atoms with E-state index in [0.717, 1.165) is 18.9 Å². The number of nitrogens with zero attached hydrogens (tertiary/aromatic N) is 1. The van der Waals surface area contributed by atoms with Crippen molar-refractivity contribution in [1.29, 1.82) is 0 Å². The number of hydrogen-bond acceptors (Lipinski definition) is 2. The zero-order valence-corrected chi connectivity index (χ0v) is 14.4. The Bertz CT molecular complexity index is 561. The third-order valence-electron chi connectivity index (χ3n) is 4.21. The SMILES string of the molecule is CC#C/C(=C\C=C(/CC)C(F)(F)F)[C@H](C)[C@H](N)C(=O)N1CCCC1. The highest BCUT2D eigenvalue weighted by Crippen LogP contribution is 2.28. The molecule has 0 aromatic heterocycles. The Morgan fingerprint density at radius 1 is 1.29 bits per heavy atom. The smallest absolute Gasteiger partial charge is 0.341 e. The van der Waals surface area contributed by atoms with Crippen LogP contribution in [0.3, 0.4) is 0 Å². The molecule has 2 atom stereocenters. The summed E-state index contributed by atoms with van der Waals surface area (Å²) in [5.74, 6) is 4.85. The lowest BCUT2D eigenvalue weighted by Crippen LogP contribution is -2.46. The van der Waals surface area contributed by atoms with E-state index in [1.807, 2.05) is 0 Å². The molecule has 0 saturated carbocycles. The fourth-order valence-electron chi connectivity index (χ4n) is 2.61. The maximum absolute atomic E-state index is 12.8. The molecule has 0 radical (unpaired) electrons. The van der Waals surface area contributed by atoms with Crippen LogP contribution in [0.1, 0.15) is 40.0 Å². The van der Waals surface area contributed by atoms with Crippen LogP contribution in [0.2, 0.25) is 0 Å². The largest absolute Gasteiger partial charge is 0.412 e. The number of alkyl halides is 3. The average Bonchev–Trinajstić information content (AvgIpc) is 3.05. The van der Waals surface area contributed by atoms with Gasteiger partial charge in [-0.15, -0.1) is 5.92 Å². The fourth-order valence-corrected chi connectivity index (χ4v) is 2.61. The topological polar surface area (TPSA) is 46.3 Å². The number of likely N-dealkylation sites (tertiary alicyclic amines) is 1. The van der Waals surface area contributed by atoms with E-state index in [1.165, 1.54) is 13.0 Å². The molecule has 134 valence electrons. The monoisotopic (exact) mass is 342 g/mol. The van der Waals surface area contributed by atoms with Crippen molar-refractivity contribution >= 4 is 5.91 Å². The first-order valence-electron chi connectivity index (χ1n) is 8.17. The molecule has 0 bridgehead atoms. The van der Waals surface area contributed by atoms with Crippen LogP contribution in [0.15, 0.2) is 23.3 Å². The number of carbonyl (C=O) groups excluding carboxylic acids is 1. The Morgan fingerprint density at radius 3 is 2.33 bits per heavy atom. The second-order valence-corrected chi connectivity index (χ2v) is 5.89. The fraction of sp³-hybridized carbons (Fsp3) is 0.611. The van der Waals surface area contributed by atoms with Crippen molar-refractivity contribution in [2.75, 3.05) is 13.1 Å². The van der Waals surface area contributed by atoms with Crippen LogP contribution in [-0.2, 0) is 4.79 Å². The molecule has 1 heterocycles. The van der Waals surface area contributed by atoms with Crippen LogP contribution in [0.25, 0.3) is 0 Å². The van der Waals surface area contributed by atoms with Gasteiger partial charge in [0.25, 0.3) is 0 Å². The summed E-state index contributed by atoms with van der Waals surface area (Å²) in [7, 11) is 0. The molecule has 2 N–H and O–H groups in total. The quantitative estimate of drug-likeness (QED) is 0.615. The molecule has 24 heavy (non-hydrogen) atoms. The molecule has 1 aliphatic rings. The average molecular weight is 342 g/mol. The van der Waals surface area contributed by atoms with Gasteiger partial charge in [0.1, 0.15) is 0 Å². The summed E-state index contributed by atoms with van der Waals surface area (Å²) in [6, 6.07) is -0.806. The summed E-state index contributed by atoms with van der Waals surface area (Å²) in [5.41, 5.74) is 5.86. The van der Waals surface area contributed by atoms with E-state index in [9.17, 15) is 18.0 Å². The van der Waals surface area contributed by atoms with Crippen molar-refractivity contribution in [2.24, 2.45) is 11.7 Å². The highest BCUT2D eigenvalue weighted by molar-refractivity contribution is 5.82. The van der Waals surface area contributed by atoms with Crippen molar-refractivity contribution in [1.82, 2.24) is 4.90 Å². The predicted octanol–water partition coefficient (Wildman–Crippen LogP) is 3.42. The molecule has 1 rings (SSSR count). The Labute approximate surface area is 141 Å². The van der Waals surface area contributed by atoms with E-state index in [-0.39, 0.29) is 12.3 Å². The molecule has 3 nitrogen and oxygen atoms in total. The minimum atomic E-state index is -4.37. The van der Waals surface area contributed by atoms with E-state index in [4.69, 9.17) is 5.73 Å². The van der Waals surface area contributed by atoms with Crippen LogP contribution in [0.5, 0.6) is 0 Å². The molecule has 6 heteroatoms. The summed E-state index contributed by atoms with van der Waals surface area (Å²) < 4.78 is 38.5. The number of carbonyl (C=O) groups is 1. The highest BCUT2D eigenvalue weighted by Gasteiger charge is 2.32. The van der Waals surface area contributed by atoms with Crippen LogP contribution in [0.4, 0.5) is 13.2 Å². The van der Waals surface area contributed by atoms with Gasteiger partial charge in [0.2, 0.25) is 5.91 Å². The van der Waals surface area contributed by atoms with Crippen molar-refractivity contribution < 1.29 is 18.0 Å². The second-order valence-electron chi connectivity index (χ2n) is 5.89. The highest BCUT2D eigenvalue weighted by atomic mass is 19.4. The maximum Gasteiger partial charge on any atom is 0.412 e. The molecule has 1 amide bonds.